The van der Waals surface area contributed by atoms with Gasteiger partial charge in [0.1, 0.15) is 16.5 Å². The van der Waals surface area contributed by atoms with Crippen molar-refractivity contribution >= 4 is 52.4 Å². The molecule has 10 heteroatoms. The van der Waals surface area contributed by atoms with Crippen LogP contribution in [0.2, 0.25) is 5.02 Å². The Kier molecular flexibility index (Phi) is 8.66. The summed E-state index contributed by atoms with van der Waals surface area (Å²) in [6.07, 6.45) is 4.05. The van der Waals surface area contributed by atoms with Crippen LogP contribution in [0.1, 0.15) is 12.0 Å². The summed E-state index contributed by atoms with van der Waals surface area (Å²) in [5.41, 5.74) is 3.45. The topological polar surface area (TPSA) is 101 Å². The lowest BCUT2D eigenvalue weighted by molar-refractivity contribution is 0.233. The average Bonchev–Trinajstić information content (AvgIpc) is 2.79. The van der Waals surface area contributed by atoms with Gasteiger partial charge in [0, 0.05) is 37.1 Å². The SMILES string of the molecule is COc1ccc(Nc2nc(Nc3cc(OCCCO)ccc3C)ncc2Cl)c(NSC)c1. The predicted octanol–water partition coefficient (Wildman–Crippen LogP) is 5.39. The first-order chi connectivity index (χ1) is 15.5. The molecule has 1 aromatic heterocycles. The van der Waals surface area contributed by atoms with E-state index in [0.29, 0.717) is 35.6 Å². The van der Waals surface area contributed by atoms with Gasteiger partial charge in [0.2, 0.25) is 5.95 Å². The third-order valence-electron chi connectivity index (χ3n) is 4.46. The molecule has 4 N–H and O–H groups in total. The molecular weight excluding hydrogens is 450 g/mol. The van der Waals surface area contributed by atoms with Crippen LogP contribution in [-0.4, -0.2) is 41.7 Å². The molecule has 0 amide bonds. The molecule has 0 atom stereocenters. The Morgan fingerprint density at radius 3 is 2.59 bits per heavy atom. The Hall–Kier alpha value is -2.88. The van der Waals surface area contributed by atoms with E-state index < -0.39 is 0 Å². The lowest BCUT2D eigenvalue weighted by Gasteiger charge is -2.15. The molecule has 0 aliphatic rings. The smallest absolute Gasteiger partial charge is 0.229 e. The molecule has 3 rings (SSSR count). The van der Waals surface area contributed by atoms with Crippen molar-refractivity contribution in [2.45, 2.75) is 13.3 Å². The third kappa shape index (κ3) is 6.32. The van der Waals surface area contributed by atoms with Crippen LogP contribution in [0, 0.1) is 6.92 Å². The minimum Gasteiger partial charge on any atom is -0.497 e. The molecule has 8 nitrogen and oxygen atoms in total. The van der Waals surface area contributed by atoms with Gasteiger partial charge in [0.25, 0.3) is 0 Å². The highest BCUT2D eigenvalue weighted by molar-refractivity contribution is 7.99. The molecule has 0 unspecified atom stereocenters. The number of aryl methyl sites for hydroxylation is 1. The summed E-state index contributed by atoms with van der Waals surface area (Å²) in [6, 6.07) is 11.3. The zero-order valence-corrected chi connectivity index (χ0v) is 19.7. The van der Waals surface area contributed by atoms with E-state index in [2.05, 4.69) is 25.3 Å². The highest BCUT2D eigenvalue weighted by atomic mass is 35.5. The van der Waals surface area contributed by atoms with Crippen molar-refractivity contribution < 1.29 is 14.6 Å². The van der Waals surface area contributed by atoms with Gasteiger partial charge in [0.15, 0.2) is 5.82 Å². The fourth-order valence-electron chi connectivity index (χ4n) is 2.80. The minimum atomic E-state index is 0.0910. The van der Waals surface area contributed by atoms with Crippen molar-refractivity contribution in [3.8, 4) is 11.5 Å². The number of nitrogens with zero attached hydrogens (tertiary/aromatic N) is 2. The zero-order valence-electron chi connectivity index (χ0n) is 18.1. The molecule has 0 saturated heterocycles. The average molecular weight is 476 g/mol. The fraction of sp³-hybridized carbons (Fsp3) is 0.273. The van der Waals surface area contributed by atoms with Gasteiger partial charge in [-0.1, -0.05) is 29.6 Å². The molecule has 1 heterocycles. The van der Waals surface area contributed by atoms with Crippen LogP contribution in [0.15, 0.2) is 42.6 Å². The molecule has 0 bridgehead atoms. The molecule has 3 aromatic rings. The van der Waals surface area contributed by atoms with Crippen molar-refractivity contribution in [1.82, 2.24) is 9.97 Å². The Balaban J connectivity index is 1.82. The number of methoxy groups -OCH3 is 1. The first-order valence-corrected chi connectivity index (χ1v) is 11.5. The van der Waals surface area contributed by atoms with E-state index in [9.17, 15) is 0 Å². The van der Waals surface area contributed by atoms with E-state index in [-0.39, 0.29) is 6.61 Å². The number of nitrogens with one attached hydrogen (secondary N) is 3. The fourth-order valence-corrected chi connectivity index (χ4v) is 3.32. The van der Waals surface area contributed by atoms with Gasteiger partial charge in [-0.2, -0.15) is 4.98 Å². The quantitative estimate of drug-likeness (QED) is 0.215. The van der Waals surface area contributed by atoms with Crippen LogP contribution in [0.5, 0.6) is 11.5 Å². The summed E-state index contributed by atoms with van der Waals surface area (Å²) in [7, 11) is 1.62. The van der Waals surface area contributed by atoms with Crippen molar-refractivity contribution in [3.63, 3.8) is 0 Å². The predicted molar refractivity (Wildman–Crippen MR) is 132 cm³/mol. The summed E-state index contributed by atoms with van der Waals surface area (Å²) in [5.74, 6) is 2.29. The second-order valence-corrected chi connectivity index (χ2v) is 7.78. The number of halogens is 1. The monoisotopic (exact) mass is 475 g/mol. The van der Waals surface area contributed by atoms with Crippen LogP contribution in [-0.2, 0) is 0 Å². The number of aliphatic hydroxyl groups is 1. The Morgan fingerprint density at radius 1 is 1.06 bits per heavy atom. The van der Waals surface area contributed by atoms with Crippen LogP contribution in [0.4, 0.5) is 28.8 Å². The summed E-state index contributed by atoms with van der Waals surface area (Å²) >= 11 is 7.83. The highest BCUT2D eigenvalue weighted by Gasteiger charge is 2.11. The molecule has 0 aliphatic heterocycles. The van der Waals surface area contributed by atoms with E-state index in [1.165, 1.54) is 11.9 Å². The number of anilines is 5. The van der Waals surface area contributed by atoms with E-state index in [0.717, 1.165) is 28.4 Å². The van der Waals surface area contributed by atoms with Gasteiger partial charge in [-0.15, -0.1) is 0 Å². The van der Waals surface area contributed by atoms with Gasteiger partial charge < -0.3 is 29.9 Å². The Morgan fingerprint density at radius 2 is 1.84 bits per heavy atom. The van der Waals surface area contributed by atoms with E-state index in [4.69, 9.17) is 26.2 Å². The number of hydrogen-bond acceptors (Lipinski definition) is 9. The standard InChI is InChI=1S/C22H26ClN5O3S/c1-14-5-6-16(31-10-4-9-29)12-19(14)26-22-24-13-17(23)21(27-22)25-18-8-7-15(30-2)11-20(18)28-32-3/h5-8,11-13,28-29H,4,9-10H2,1-3H3,(H2,24,25,26,27). The second kappa shape index (κ2) is 11.7. The minimum absolute atomic E-state index is 0.0910. The Labute approximate surface area is 196 Å². The number of rotatable bonds is 11. The normalized spacial score (nSPS) is 10.5. The molecule has 170 valence electrons. The van der Waals surface area contributed by atoms with Crippen LogP contribution in [0.25, 0.3) is 0 Å². The summed E-state index contributed by atoms with van der Waals surface area (Å²) in [5, 5.41) is 15.8. The van der Waals surface area contributed by atoms with Crippen molar-refractivity contribution in [3.05, 3.63) is 53.2 Å². The number of hydrogen-bond donors (Lipinski definition) is 4. The summed E-state index contributed by atoms with van der Waals surface area (Å²) in [4.78, 5) is 8.85. The van der Waals surface area contributed by atoms with Crippen molar-refractivity contribution in [2.75, 3.05) is 41.9 Å². The highest BCUT2D eigenvalue weighted by Crippen LogP contribution is 2.33. The number of aliphatic hydroxyl groups excluding tert-OH is 1. The van der Waals surface area contributed by atoms with Crippen LogP contribution >= 0.6 is 23.5 Å². The molecule has 0 spiro atoms. The maximum Gasteiger partial charge on any atom is 0.229 e. The Bertz CT molecular complexity index is 1050. The van der Waals surface area contributed by atoms with Crippen LogP contribution < -0.4 is 24.8 Å². The van der Waals surface area contributed by atoms with Gasteiger partial charge in [-0.3, -0.25) is 0 Å². The van der Waals surface area contributed by atoms with E-state index in [1.807, 2.05) is 49.6 Å². The maximum atomic E-state index is 8.93. The number of aromatic nitrogens is 2. The first kappa shape index (κ1) is 23.8. The lowest BCUT2D eigenvalue weighted by atomic mass is 10.2. The summed E-state index contributed by atoms with van der Waals surface area (Å²) in [6.45, 7) is 2.51. The maximum absolute atomic E-state index is 8.93. The molecule has 0 radical (unpaired) electrons. The zero-order chi connectivity index (χ0) is 22.9. The van der Waals surface area contributed by atoms with Gasteiger partial charge >= 0.3 is 0 Å². The first-order valence-electron chi connectivity index (χ1n) is 9.92. The van der Waals surface area contributed by atoms with Gasteiger partial charge in [-0.25, -0.2) is 4.98 Å². The molecule has 32 heavy (non-hydrogen) atoms. The van der Waals surface area contributed by atoms with Gasteiger partial charge in [0.05, 0.1) is 31.3 Å². The van der Waals surface area contributed by atoms with Crippen molar-refractivity contribution in [1.29, 1.82) is 0 Å². The van der Waals surface area contributed by atoms with Crippen LogP contribution in [0.3, 0.4) is 0 Å². The van der Waals surface area contributed by atoms with Crippen molar-refractivity contribution in [2.24, 2.45) is 0 Å². The van der Waals surface area contributed by atoms with E-state index >= 15 is 0 Å². The summed E-state index contributed by atoms with van der Waals surface area (Å²) < 4.78 is 14.2. The number of ether oxygens (including phenoxy) is 2. The molecule has 0 aliphatic carbocycles. The molecule has 2 aromatic carbocycles. The largest absolute Gasteiger partial charge is 0.497 e. The van der Waals surface area contributed by atoms with Gasteiger partial charge in [-0.05, 0) is 30.7 Å². The second-order valence-electron chi connectivity index (χ2n) is 6.76. The third-order valence-corrected chi connectivity index (χ3v) is 5.16. The molecular formula is C22H26ClN5O3S. The molecule has 0 saturated carbocycles. The lowest BCUT2D eigenvalue weighted by Crippen LogP contribution is -2.04. The van der Waals surface area contributed by atoms with E-state index in [1.54, 1.807) is 13.3 Å². The number of benzene rings is 2. The molecule has 0 fully saturated rings.